The molecule has 1 atom stereocenters. The number of hydrogen-bond acceptors (Lipinski definition) is 5. The summed E-state index contributed by atoms with van der Waals surface area (Å²) in [4.78, 5) is 35.5. The molecule has 0 radical (unpaired) electrons. The number of likely N-dealkylation sites (tertiary alicyclic amines) is 1. The molecule has 1 aliphatic rings. The molecule has 7 nitrogen and oxygen atoms in total. The Hall–Kier alpha value is -3.71. The van der Waals surface area contributed by atoms with Crippen LogP contribution in [-0.2, 0) is 4.79 Å². The zero-order valence-electron chi connectivity index (χ0n) is 21.5. The summed E-state index contributed by atoms with van der Waals surface area (Å²) in [5.74, 6) is 0.616. The molecule has 0 N–H and O–H groups in total. The normalized spacial score (nSPS) is 15.5. The van der Waals surface area contributed by atoms with Gasteiger partial charge in [0.2, 0.25) is 17.6 Å². The van der Waals surface area contributed by atoms with Crippen LogP contribution in [0, 0.1) is 0 Å². The van der Waals surface area contributed by atoms with E-state index in [1.54, 1.807) is 21.9 Å². The summed E-state index contributed by atoms with van der Waals surface area (Å²) in [6, 6.07) is 20.5. The van der Waals surface area contributed by atoms with E-state index in [-0.39, 0.29) is 24.4 Å². The highest BCUT2D eigenvalue weighted by Gasteiger charge is 2.34. The molecule has 0 bridgehead atoms. The van der Waals surface area contributed by atoms with Crippen molar-refractivity contribution in [1.82, 2.24) is 19.9 Å². The predicted molar refractivity (Wildman–Crippen MR) is 148 cm³/mol. The second kappa shape index (κ2) is 11.8. The van der Waals surface area contributed by atoms with Gasteiger partial charge in [0.15, 0.2) is 0 Å². The third-order valence-electron chi connectivity index (χ3n) is 7.05. The molecule has 4 aromatic rings. The summed E-state index contributed by atoms with van der Waals surface area (Å²) in [5, 5.41) is 6.63. The number of aromatic nitrogens is 2. The van der Waals surface area contributed by atoms with E-state index in [1.807, 2.05) is 54.6 Å². The minimum Gasteiger partial charge on any atom is -0.337 e. The average molecular weight is 531 g/mol. The Morgan fingerprint density at radius 2 is 1.89 bits per heavy atom. The van der Waals surface area contributed by atoms with Crippen molar-refractivity contribution in [3.63, 3.8) is 0 Å². The maximum Gasteiger partial charge on any atom is 0.254 e. The Morgan fingerprint density at radius 3 is 2.74 bits per heavy atom. The van der Waals surface area contributed by atoms with Crippen LogP contribution in [0.5, 0.6) is 0 Å². The van der Waals surface area contributed by atoms with Gasteiger partial charge in [0.25, 0.3) is 5.91 Å². The highest BCUT2D eigenvalue weighted by molar-refractivity contribution is 6.30. The van der Waals surface area contributed by atoms with Crippen molar-refractivity contribution in [2.24, 2.45) is 0 Å². The maximum absolute atomic E-state index is 13.7. The summed E-state index contributed by atoms with van der Waals surface area (Å²) in [6.07, 6.45) is 4.32. The van der Waals surface area contributed by atoms with Crippen LogP contribution in [0.15, 0.2) is 71.3 Å². The molecule has 1 aliphatic heterocycles. The first-order valence-corrected chi connectivity index (χ1v) is 13.6. The smallest absolute Gasteiger partial charge is 0.254 e. The third-order valence-corrected chi connectivity index (χ3v) is 7.28. The molecule has 1 saturated heterocycles. The van der Waals surface area contributed by atoms with E-state index in [0.29, 0.717) is 35.4 Å². The molecule has 0 aliphatic carbocycles. The van der Waals surface area contributed by atoms with Gasteiger partial charge in [0.05, 0.1) is 0 Å². The van der Waals surface area contributed by atoms with Crippen molar-refractivity contribution >= 4 is 34.2 Å². The van der Waals surface area contributed by atoms with Crippen molar-refractivity contribution in [3.05, 3.63) is 83.2 Å². The SMILES string of the molecule is CCCCN(CC(=O)N1CCCCC1c1nc(-c2cccc(Cl)c2)no1)C(=O)c1cccc2ccccc12. The summed E-state index contributed by atoms with van der Waals surface area (Å²) in [5.41, 5.74) is 1.37. The zero-order valence-corrected chi connectivity index (χ0v) is 22.2. The number of halogens is 1. The Morgan fingerprint density at radius 1 is 1.08 bits per heavy atom. The van der Waals surface area contributed by atoms with Gasteiger partial charge in [0, 0.05) is 29.2 Å². The van der Waals surface area contributed by atoms with Gasteiger partial charge in [-0.2, -0.15) is 4.98 Å². The summed E-state index contributed by atoms with van der Waals surface area (Å²) < 4.78 is 5.64. The number of carbonyl (C=O) groups is 2. The predicted octanol–water partition coefficient (Wildman–Crippen LogP) is 6.54. The van der Waals surface area contributed by atoms with Gasteiger partial charge in [-0.05, 0) is 54.7 Å². The number of rotatable bonds is 8. The lowest BCUT2D eigenvalue weighted by atomic mass is 10.0. The minimum atomic E-state index is -0.322. The van der Waals surface area contributed by atoms with E-state index in [2.05, 4.69) is 17.1 Å². The first kappa shape index (κ1) is 25.9. The van der Waals surface area contributed by atoms with Gasteiger partial charge in [-0.1, -0.05) is 78.6 Å². The van der Waals surface area contributed by atoms with Crippen LogP contribution in [0.4, 0.5) is 0 Å². The topological polar surface area (TPSA) is 79.5 Å². The molecule has 3 aromatic carbocycles. The van der Waals surface area contributed by atoms with E-state index >= 15 is 0 Å². The zero-order chi connectivity index (χ0) is 26.5. The fraction of sp³-hybridized carbons (Fsp3) is 0.333. The molecule has 2 amide bonds. The maximum atomic E-state index is 13.7. The lowest BCUT2D eigenvalue weighted by molar-refractivity contribution is -0.136. The third kappa shape index (κ3) is 5.58. The molecule has 196 valence electrons. The van der Waals surface area contributed by atoms with E-state index in [1.165, 1.54) is 0 Å². The van der Waals surface area contributed by atoms with E-state index in [4.69, 9.17) is 16.1 Å². The quantitative estimate of drug-likeness (QED) is 0.258. The van der Waals surface area contributed by atoms with Gasteiger partial charge in [-0.3, -0.25) is 9.59 Å². The number of fused-ring (bicyclic) bond motifs is 1. The number of nitrogens with zero attached hydrogens (tertiary/aromatic N) is 4. The van der Waals surface area contributed by atoms with Crippen molar-refractivity contribution in [3.8, 4) is 11.4 Å². The molecule has 1 aromatic heterocycles. The highest BCUT2D eigenvalue weighted by Crippen LogP contribution is 2.32. The molecule has 0 spiro atoms. The number of unbranched alkanes of at least 4 members (excludes halogenated alkanes) is 1. The van der Waals surface area contributed by atoms with E-state index in [0.717, 1.165) is 48.4 Å². The Kier molecular flexibility index (Phi) is 8.03. The lowest BCUT2D eigenvalue weighted by Gasteiger charge is -2.35. The monoisotopic (exact) mass is 530 g/mol. The molecule has 0 saturated carbocycles. The highest BCUT2D eigenvalue weighted by atomic mass is 35.5. The molecule has 38 heavy (non-hydrogen) atoms. The fourth-order valence-electron chi connectivity index (χ4n) is 5.04. The first-order chi connectivity index (χ1) is 18.5. The number of amides is 2. The lowest BCUT2D eigenvalue weighted by Crippen LogP contribution is -2.46. The Labute approximate surface area is 227 Å². The number of benzene rings is 3. The molecule has 5 rings (SSSR count). The number of piperidine rings is 1. The van der Waals surface area contributed by atoms with Gasteiger partial charge in [-0.25, -0.2) is 0 Å². The Balaban J connectivity index is 1.37. The van der Waals surface area contributed by atoms with Crippen LogP contribution in [0.1, 0.15) is 61.3 Å². The van der Waals surface area contributed by atoms with Crippen LogP contribution in [0.25, 0.3) is 22.2 Å². The molecule has 2 heterocycles. The van der Waals surface area contributed by atoms with Gasteiger partial charge in [-0.15, -0.1) is 0 Å². The summed E-state index contributed by atoms with van der Waals surface area (Å²) in [7, 11) is 0. The minimum absolute atomic E-state index is 0.00778. The van der Waals surface area contributed by atoms with Crippen molar-refractivity contribution in [1.29, 1.82) is 0 Å². The first-order valence-electron chi connectivity index (χ1n) is 13.2. The van der Waals surface area contributed by atoms with Gasteiger partial charge < -0.3 is 14.3 Å². The largest absolute Gasteiger partial charge is 0.337 e. The van der Waals surface area contributed by atoms with Crippen molar-refractivity contribution in [2.75, 3.05) is 19.6 Å². The fourth-order valence-corrected chi connectivity index (χ4v) is 5.23. The summed E-state index contributed by atoms with van der Waals surface area (Å²) in [6.45, 7) is 3.19. The molecule has 1 fully saturated rings. The van der Waals surface area contributed by atoms with Crippen molar-refractivity contribution < 1.29 is 14.1 Å². The van der Waals surface area contributed by atoms with Crippen LogP contribution in [0.2, 0.25) is 5.02 Å². The standard InChI is InChI=1S/C30H31ClN4O3/c1-2-3-17-34(30(37)25-15-9-11-21-10-4-5-14-24(21)25)20-27(36)35-18-7-6-16-26(35)29-32-28(33-38-29)22-12-8-13-23(31)19-22/h4-5,8-15,19,26H,2-3,6-7,16-18,20H2,1H3. The van der Waals surface area contributed by atoms with Crippen LogP contribution >= 0.6 is 11.6 Å². The van der Waals surface area contributed by atoms with E-state index < -0.39 is 0 Å². The van der Waals surface area contributed by atoms with Crippen LogP contribution < -0.4 is 0 Å². The molecular weight excluding hydrogens is 500 g/mol. The molecular formula is C30H31ClN4O3. The van der Waals surface area contributed by atoms with E-state index in [9.17, 15) is 9.59 Å². The van der Waals surface area contributed by atoms with Crippen molar-refractivity contribution in [2.45, 2.75) is 45.1 Å². The van der Waals surface area contributed by atoms with Gasteiger partial charge in [0.1, 0.15) is 12.6 Å². The summed E-state index contributed by atoms with van der Waals surface area (Å²) >= 11 is 6.13. The molecule has 1 unspecified atom stereocenters. The average Bonchev–Trinajstić information content (AvgIpc) is 3.45. The molecule has 8 heteroatoms. The van der Waals surface area contributed by atoms with Gasteiger partial charge >= 0.3 is 0 Å². The number of carbonyl (C=O) groups excluding carboxylic acids is 2. The second-order valence-electron chi connectivity index (χ2n) is 9.67. The second-order valence-corrected chi connectivity index (χ2v) is 10.1. The van der Waals surface area contributed by atoms with Crippen LogP contribution in [-0.4, -0.2) is 51.4 Å². The number of hydrogen-bond donors (Lipinski definition) is 0. The Bertz CT molecular complexity index is 1430. The van der Waals surface area contributed by atoms with Crippen LogP contribution in [0.3, 0.4) is 0 Å².